The first-order valence-corrected chi connectivity index (χ1v) is 6.94. The van der Waals surface area contributed by atoms with Crippen LogP contribution in [0.5, 0.6) is 0 Å². The number of carboxylic acid groups (broad SMARTS) is 1. The summed E-state index contributed by atoms with van der Waals surface area (Å²) in [4.78, 5) is 22.5. The normalized spacial score (nSPS) is 10.0. The molecule has 5 heteroatoms. The third-order valence-corrected chi connectivity index (χ3v) is 3.35. The molecule has 0 saturated heterocycles. The molecule has 2 aromatic rings. The lowest BCUT2D eigenvalue weighted by molar-refractivity contribution is 0.0697. The van der Waals surface area contributed by atoms with Crippen LogP contribution in [0.4, 0.5) is 4.79 Å². The highest BCUT2D eigenvalue weighted by molar-refractivity contribution is 5.87. The minimum atomic E-state index is -0.963. The fourth-order valence-electron chi connectivity index (χ4n) is 1.99. The van der Waals surface area contributed by atoms with Crippen LogP contribution >= 0.6 is 0 Å². The van der Waals surface area contributed by atoms with Gasteiger partial charge in [0.15, 0.2) is 0 Å². The van der Waals surface area contributed by atoms with Gasteiger partial charge in [-0.15, -0.1) is 0 Å². The molecule has 2 aromatic carbocycles. The number of carbonyl (C=O) groups is 2. The molecule has 0 atom stereocenters. The highest BCUT2D eigenvalue weighted by Crippen LogP contribution is 2.06. The number of hydrogen-bond acceptors (Lipinski definition) is 2. The van der Waals surface area contributed by atoms with Gasteiger partial charge in [-0.05, 0) is 35.7 Å². The van der Waals surface area contributed by atoms with Crippen LogP contribution < -0.4 is 10.6 Å². The van der Waals surface area contributed by atoms with Gasteiger partial charge in [0.25, 0.3) is 0 Å². The first-order chi connectivity index (χ1) is 10.6. The topological polar surface area (TPSA) is 78.4 Å². The number of nitrogens with one attached hydrogen (secondary N) is 2. The average Bonchev–Trinajstić information content (AvgIpc) is 2.52. The molecular weight excluding hydrogens is 280 g/mol. The number of benzene rings is 2. The molecule has 0 radical (unpaired) electrons. The molecule has 2 rings (SSSR count). The highest BCUT2D eigenvalue weighted by Gasteiger charge is 2.04. The van der Waals surface area contributed by atoms with E-state index in [0.717, 1.165) is 16.7 Å². The fourth-order valence-corrected chi connectivity index (χ4v) is 1.99. The maximum Gasteiger partial charge on any atom is 0.335 e. The molecule has 0 spiro atoms. The molecule has 0 fully saturated rings. The van der Waals surface area contributed by atoms with E-state index in [1.54, 1.807) is 12.1 Å². The van der Waals surface area contributed by atoms with E-state index in [0.29, 0.717) is 13.1 Å². The second kappa shape index (κ2) is 7.26. The Bertz CT molecular complexity index is 666. The van der Waals surface area contributed by atoms with Crippen molar-refractivity contribution in [3.63, 3.8) is 0 Å². The number of carbonyl (C=O) groups excluding carboxylic acids is 1. The molecule has 3 N–H and O–H groups in total. The van der Waals surface area contributed by atoms with Crippen molar-refractivity contribution in [3.8, 4) is 0 Å². The summed E-state index contributed by atoms with van der Waals surface area (Å²) < 4.78 is 0. The molecule has 2 amide bonds. The van der Waals surface area contributed by atoms with E-state index >= 15 is 0 Å². The Hall–Kier alpha value is -2.82. The molecule has 0 saturated carbocycles. The molecule has 0 aliphatic carbocycles. The largest absolute Gasteiger partial charge is 0.478 e. The van der Waals surface area contributed by atoms with Gasteiger partial charge in [-0.3, -0.25) is 0 Å². The van der Waals surface area contributed by atoms with Crippen LogP contribution in [-0.2, 0) is 13.1 Å². The molecular formula is C17H18N2O3. The van der Waals surface area contributed by atoms with Crippen LogP contribution in [0.1, 0.15) is 27.0 Å². The monoisotopic (exact) mass is 298 g/mol. The second-order valence-electron chi connectivity index (χ2n) is 4.96. The Morgan fingerprint density at radius 2 is 1.59 bits per heavy atom. The predicted molar refractivity (Wildman–Crippen MR) is 83.7 cm³/mol. The minimum Gasteiger partial charge on any atom is -0.478 e. The van der Waals surface area contributed by atoms with Crippen molar-refractivity contribution in [2.45, 2.75) is 20.0 Å². The fraction of sp³-hybridized carbons (Fsp3) is 0.176. The van der Waals surface area contributed by atoms with Crippen LogP contribution in [0.15, 0.2) is 48.5 Å². The van der Waals surface area contributed by atoms with Gasteiger partial charge in [0.05, 0.1) is 5.56 Å². The molecule has 0 heterocycles. The number of aromatic carboxylic acids is 1. The maximum atomic E-state index is 11.8. The zero-order chi connectivity index (χ0) is 15.9. The first-order valence-electron chi connectivity index (χ1n) is 6.94. The third-order valence-electron chi connectivity index (χ3n) is 3.35. The first kappa shape index (κ1) is 15.6. The average molecular weight is 298 g/mol. The van der Waals surface area contributed by atoms with Crippen LogP contribution in [-0.4, -0.2) is 17.1 Å². The Kier molecular flexibility index (Phi) is 5.14. The van der Waals surface area contributed by atoms with Gasteiger partial charge in [-0.1, -0.05) is 36.4 Å². The molecule has 5 nitrogen and oxygen atoms in total. The van der Waals surface area contributed by atoms with E-state index in [-0.39, 0.29) is 11.6 Å². The number of aryl methyl sites for hydroxylation is 1. The zero-order valence-corrected chi connectivity index (χ0v) is 12.3. The van der Waals surface area contributed by atoms with Gasteiger partial charge in [0, 0.05) is 13.1 Å². The van der Waals surface area contributed by atoms with E-state index in [9.17, 15) is 9.59 Å². The second-order valence-corrected chi connectivity index (χ2v) is 4.96. The highest BCUT2D eigenvalue weighted by atomic mass is 16.4. The van der Waals surface area contributed by atoms with Gasteiger partial charge < -0.3 is 15.7 Å². The standard InChI is InChI=1S/C17H18N2O3/c1-12-4-2-3-5-15(12)11-19-17(22)18-10-13-6-8-14(9-7-13)16(20)21/h2-9H,10-11H2,1H3,(H,20,21)(H2,18,19,22). The number of hydrogen-bond donors (Lipinski definition) is 3. The van der Waals surface area contributed by atoms with Gasteiger partial charge >= 0.3 is 12.0 Å². The summed E-state index contributed by atoms with van der Waals surface area (Å²) in [6.45, 7) is 2.81. The Balaban J connectivity index is 1.80. The molecule has 0 aliphatic heterocycles. The van der Waals surface area contributed by atoms with Crippen molar-refractivity contribution in [2.24, 2.45) is 0 Å². The van der Waals surface area contributed by atoms with Crippen molar-refractivity contribution in [3.05, 3.63) is 70.8 Å². The van der Waals surface area contributed by atoms with E-state index in [1.165, 1.54) is 12.1 Å². The summed E-state index contributed by atoms with van der Waals surface area (Å²) in [5, 5.41) is 14.4. The maximum absolute atomic E-state index is 11.8. The summed E-state index contributed by atoms with van der Waals surface area (Å²) in [5.74, 6) is -0.963. The smallest absolute Gasteiger partial charge is 0.335 e. The summed E-state index contributed by atoms with van der Waals surface area (Å²) in [7, 11) is 0. The van der Waals surface area contributed by atoms with Crippen LogP contribution in [0, 0.1) is 6.92 Å². The Morgan fingerprint density at radius 3 is 2.23 bits per heavy atom. The van der Waals surface area contributed by atoms with Crippen LogP contribution in [0.25, 0.3) is 0 Å². The molecule has 0 aliphatic rings. The van der Waals surface area contributed by atoms with Crippen LogP contribution in [0.3, 0.4) is 0 Å². The SMILES string of the molecule is Cc1ccccc1CNC(=O)NCc1ccc(C(=O)O)cc1. The van der Waals surface area contributed by atoms with E-state index < -0.39 is 5.97 Å². The van der Waals surface area contributed by atoms with E-state index in [1.807, 2.05) is 31.2 Å². The lowest BCUT2D eigenvalue weighted by Crippen LogP contribution is -2.34. The summed E-state index contributed by atoms with van der Waals surface area (Å²) in [5.41, 5.74) is 3.28. The number of urea groups is 1. The van der Waals surface area contributed by atoms with Gasteiger partial charge in [0.2, 0.25) is 0 Å². The molecule has 0 unspecified atom stereocenters. The minimum absolute atomic E-state index is 0.229. The van der Waals surface area contributed by atoms with Crippen molar-refractivity contribution >= 4 is 12.0 Å². The van der Waals surface area contributed by atoms with Gasteiger partial charge in [0.1, 0.15) is 0 Å². The van der Waals surface area contributed by atoms with E-state index in [4.69, 9.17) is 5.11 Å². The van der Waals surface area contributed by atoms with Gasteiger partial charge in [-0.2, -0.15) is 0 Å². The van der Waals surface area contributed by atoms with Crippen molar-refractivity contribution in [2.75, 3.05) is 0 Å². The number of carboxylic acids is 1. The predicted octanol–water partition coefficient (Wildman–Crippen LogP) is 2.69. The Morgan fingerprint density at radius 1 is 0.955 bits per heavy atom. The lowest BCUT2D eigenvalue weighted by Gasteiger charge is -2.09. The summed E-state index contributed by atoms with van der Waals surface area (Å²) in [6, 6.07) is 14.0. The van der Waals surface area contributed by atoms with Gasteiger partial charge in [-0.25, -0.2) is 9.59 Å². The Labute approximate surface area is 129 Å². The lowest BCUT2D eigenvalue weighted by atomic mass is 10.1. The molecule has 114 valence electrons. The van der Waals surface area contributed by atoms with E-state index in [2.05, 4.69) is 10.6 Å². The van der Waals surface area contributed by atoms with Crippen LogP contribution in [0.2, 0.25) is 0 Å². The molecule has 0 bridgehead atoms. The molecule has 22 heavy (non-hydrogen) atoms. The number of amides is 2. The molecule has 0 aromatic heterocycles. The third kappa shape index (κ3) is 4.34. The summed E-state index contributed by atoms with van der Waals surface area (Å²) >= 11 is 0. The van der Waals surface area contributed by atoms with Crippen molar-refractivity contribution < 1.29 is 14.7 Å². The van der Waals surface area contributed by atoms with Crippen molar-refractivity contribution in [1.29, 1.82) is 0 Å². The number of rotatable bonds is 5. The quantitative estimate of drug-likeness (QED) is 0.794. The van der Waals surface area contributed by atoms with Crippen molar-refractivity contribution in [1.82, 2.24) is 10.6 Å². The summed E-state index contributed by atoms with van der Waals surface area (Å²) in [6.07, 6.45) is 0. The zero-order valence-electron chi connectivity index (χ0n) is 12.3.